The average Bonchev–Trinajstić information content (AvgIpc) is 2.69. The van der Waals surface area contributed by atoms with Gasteiger partial charge in [0.05, 0.1) is 5.39 Å². The minimum Gasteiger partial charge on any atom is -0.507 e. The van der Waals surface area contributed by atoms with Gasteiger partial charge in [0.2, 0.25) is 5.43 Å². The lowest BCUT2D eigenvalue weighted by atomic mass is 10.1. The fraction of sp³-hybridized carbons (Fsp3) is 0.130. The lowest BCUT2D eigenvalue weighted by Crippen LogP contribution is -2.20. The third kappa shape index (κ3) is 3.65. The molecule has 4 rings (SSSR count). The van der Waals surface area contributed by atoms with Gasteiger partial charge in [-0.15, -0.1) is 0 Å². The molecule has 0 saturated carbocycles. The van der Waals surface area contributed by atoms with Crippen molar-refractivity contribution < 1.29 is 19.1 Å². The average molecular weight is 389 g/mol. The number of ether oxygens (including phenoxy) is 1. The van der Waals surface area contributed by atoms with Crippen molar-refractivity contribution in [2.45, 2.75) is 13.8 Å². The Balaban J connectivity index is 1.58. The highest BCUT2D eigenvalue weighted by atomic mass is 16.5. The highest BCUT2D eigenvalue weighted by Gasteiger charge is 2.14. The summed E-state index contributed by atoms with van der Waals surface area (Å²) in [5, 5.41) is 13.6. The van der Waals surface area contributed by atoms with E-state index >= 15 is 0 Å². The molecule has 0 fully saturated rings. The zero-order valence-corrected chi connectivity index (χ0v) is 16.0. The van der Waals surface area contributed by atoms with Gasteiger partial charge in [-0.25, -0.2) is 0 Å². The Morgan fingerprint density at radius 3 is 2.69 bits per heavy atom. The zero-order chi connectivity index (χ0) is 20.5. The SMILES string of the molecule is Cc1ccc(C)c(NC(=O)COc2cc(O)c3c(=O)c4ccccc4oc3c2)c1. The maximum atomic E-state index is 12.6. The first kappa shape index (κ1) is 18.6. The van der Waals surface area contributed by atoms with Gasteiger partial charge in [-0.2, -0.15) is 0 Å². The third-order valence-corrected chi connectivity index (χ3v) is 4.67. The Bertz CT molecular complexity index is 1310. The zero-order valence-electron chi connectivity index (χ0n) is 16.0. The molecule has 4 aromatic rings. The van der Waals surface area contributed by atoms with Gasteiger partial charge in [0.15, 0.2) is 6.61 Å². The van der Waals surface area contributed by atoms with E-state index in [9.17, 15) is 14.7 Å². The molecule has 2 N–H and O–H groups in total. The normalized spacial score (nSPS) is 11.0. The summed E-state index contributed by atoms with van der Waals surface area (Å²) in [5.41, 5.74) is 2.98. The van der Waals surface area contributed by atoms with Crippen molar-refractivity contribution in [3.8, 4) is 11.5 Å². The van der Waals surface area contributed by atoms with E-state index in [4.69, 9.17) is 9.15 Å². The molecule has 1 heterocycles. The Kier molecular flexibility index (Phi) is 4.68. The number of anilines is 1. The van der Waals surface area contributed by atoms with Crippen molar-refractivity contribution in [2.24, 2.45) is 0 Å². The molecule has 0 aliphatic carbocycles. The molecule has 0 saturated heterocycles. The van der Waals surface area contributed by atoms with Crippen LogP contribution in [0.4, 0.5) is 5.69 Å². The molecule has 1 aromatic heterocycles. The van der Waals surface area contributed by atoms with Crippen LogP contribution in [0.3, 0.4) is 0 Å². The molecule has 0 aliphatic heterocycles. The number of para-hydroxylation sites is 1. The van der Waals surface area contributed by atoms with E-state index in [1.165, 1.54) is 12.1 Å². The number of fused-ring (bicyclic) bond motifs is 2. The number of carbonyl (C=O) groups excluding carboxylic acids is 1. The Labute approximate surface area is 166 Å². The van der Waals surface area contributed by atoms with E-state index < -0.39 is 0 Å². The minimum atomic E-state index is -0.335. The summed E-state index contributed by atoms with van der Waals surface area (Å²) in [6.45, 7) is 3.60. The number of aromatic hydroxyl groups is 1. The number of phenolic OH excluding ortho intramolecular Hbond substituents is 1. The Hall–Kier alpha value is -3.80. The van der Waals surface area contributed by atoms with E-state index in [0.29, 0.717) is 11.0 Å². The van der Waals surface area contributed by atoms with E-state index in [2.05, 4.69) is 5.32 Å². The summed E-state index contributed by atoms with van der Waals surface area (Å²) in [7, 11) is 0. The predicted molar refractivity (Wildman–Crippen MR) is 112 cm³/mol. The second-order valence-corrected chi connectivity index (χ2v) is 6.90. The van der Waals surface area contributed by atoms with Gasteiger partial charge in [-0.1, -0.05) is 24.3 Å². The largest absolute Gasteiger partial charge is 0.507 e. The summed E-state index contributed by atoms with van der Waals surface area (Å²) < 4.78 is 11.3. The van der Waals surface area contributed by atoms with Gasteiger partial charge in [-0.05, 0) is 43.2 Å². The summed E-state index contributed by atoms with van der Waals surface area (Å²) in [6.07, 6.45) is 0. The minimum absolute atomic E-state index is 0.0795. The van der Waals surface area contributed by atoms with Crippen LogP contribution in [-0.2, 0) is 4.79 Å². The van der Waals surface area contributed by atoms with Crippen LogP contribution in [0.25, 0.3) is 21.9 Å². The molecule has 3 aromatic carbocycles. The standard InChI is InChI=1S/C23H19NO5/c1-13-7-8-14(2)17(9-13)24-21(26)12-28-15-10-18(25)22-20(11-15)29-19-6-4-3-5-16(19)23(22)27/h3-11,25H,12H2,1-2H3,(H,24,26). The van der Waals surface area contributed by atoms with Crippen molar-refractivity contribution in [3.63, 3.8) is 0 Å². The summed E-state index contributed by atoms with van der Waals surface area (Å²) >= 11 is 0. The number of rotatable bonds is 4. The number of carbonyl (C=O) groups is 1. The van der Waals surface area contributed by atoms with Crippen LogP contribution in [0.15, 0.2) is 63.8 Å². The van der Waals surface area contributed by atoms with Gasteiger partial charge in [0, 0.05) is 17.8 Å². The van der Waals surface area contributed by atoms with Gasteiger partial charge in [0.25, 0.3) is 5.91 Å². The van der Waals surface area contributed by atoms with Crippen LogP contribution in [-0.4, -0.2) is 17.6 Å². The molecule has 0 unspecified atom stereocenters. The van der Waals surface area contributed by atoms with Crippen molar-refractivity contribution in [1.82, 2.24) is 0 Å². The van der Waals surface area contributed by atoms with Gasteiger partial charge >= 0.3 is 0 Å². The quantitative estimate of drug-likeness (QED) is 0.509. The number of hydrogen-bond acceptors (Lipinski definition) is 5. The van der Waals surface area contributed by atoms with Gasteiger partial charge < -0.3 is 19.6 Å². The maximum absolute atomic E-state index is 12.6. The molecule has 1 amide bonds. The second kappa shape index (κ2) is 7.31. The van der Waals surface area contributed by atoms with Crippen molar-refractivity contribution >= 4 is 33.5 Å². The molecule has 0 bridgehead atoms. The first-order valence-corrected chi connectivity index (χ1v) is 9.11. The number of hydrogen-bond donors (Lipinski definition) is 2. The first-order chi connectivity index (χ1) is 13.9. The van der Waals surface area contributed by atoms with Crippen molar-refractivity contribution in [2.75, 3.05) is 11.9 Å². The lowest BCUT2D eigenvalue weighted by molar-refractivity contribution is -0.118. The van der Waals surface area contributed by atoms with E-state index in [-0.39, 0.29) is 40.4 Å². The molecule has 146 valence electrons. The highest BCUT2D eigenvalue weighted by Crippen LogP contribution is 2.30. The topological polar surface area (TPSA) is 88.8 Å². The van der Waals surface area contributed by atoms with Crippen molar-refractivity contribution in [1.29, 1.82) is 0 Å². The molecule has 0 spiro atoms. The van der Waals surface area contributed by atoms with E-state index in [1.54, 1.807) is 24.3 Å². The maximum Gasteiger partial charge on any atom is 0.262 e. The number of aryl methyl sites for hydroxylation is 2. The number of benzene rings is 3. The molecule has 0 atom stereocenters. The monoisotopic (exact) mass is 389 g/mol. The lowest BCUT2D eigenvalue weighted by Gasteiger charge is -2.11. The third-order valence-electron chi connectivity index (χ3n) is 4.67. The fourth-order valence-electron chi connectivity index (χ4n) is 3.17. The molecule has 29 heavy (non-hydrogen) atoms. The van der Waals surface area contributed by atoms with Crippen LogP contribution in [0.2, 0.25) is 0 Å². The van der Waals surface area contributed by atoms with Crippen LogP contribution < -0.4 is 15.5 Å². The number of phenols is 1. The Morgan fingerprint density at radius 1 is 1.07 bits per heavy atom. The highest BCUT2D eigenvalue weighted by molar-refractivity contribution is 5.94. The van der Waals surface area contributed by atoms with Crippen LogP contribution in [0.5, 0.6) is 11.5 Å². The van der Waals surface area contributed by atoms with Crippen LogP contribution >= 0.6 is 0 Å². The summed E-state index contributed by atoms with van der Waals surface area (Å²) in [6, 6.07) is 15.4. The van der Waals surface area contributed by atoms with Crippen molar-refractivity contribution in [3.05, 3.63) is 75.9 Å². The fourth-order valence-corrected chi connectivity index (χ4v) is 3.17. The Morgan fingerprint density at radius 2 is 1.86 bits per heavy atom. The number of amides is 1. The molecule has 6 heteroatoms. The predicted octanol–water partition coefficient (Wildman–Crippen LogP) is 4.29. The summed E-state index contributed by atoms with van der Waals surface area (Å²) in [4.78, 5) is 24.9. The van der Waals surface area contributed by atoms with Gasteiger partial charge in [-0.3, -0.25) is 9.59 Å². The summed E-state index contributed by atoms with van der Waals surface area (Å²) in [5.74, 6) is -0.366. The molecule has 0 aliphatic rings. The van der Waals surface area contributed by atoms with Gasteiger partial charge in [0.1, 0.15) is 28.1 Å². The van der Waals surface area contributed by atoms with Crippen LogP contribution in [0, 0.1) is 13.8 Å². The molecular weight excluding hydrogens is 370 g/mol. The second-order valence-electron chi connectivity index (χ2n) is 6.90. The molecular formula is C23H19NO5. The smallest absolute Gasteiger partial charge is 0.262 e. The van der Waals surface area contributed by atoms with Crippen LogP contribution in [0.1, 0.15) is 11.1 Å². The number of nitrogens with one attached hydrogen (secondary N) is 1. The van der Waals surface area contributed by atoms with E-state index in [1.807, 2.05) is 32.0 Å². The molecule has 0 radical (unpaired) electrons. The van der Waals surface area contributed by atoms with E-state index in [0.717, 1.165) is 16.8 Å². The molecule has 6 nitrogen and oxygen atoms in total. The first-order valence-electron chi connectivity index (χ1n) is 9.11.